The van der Waals surface area contributed by atoms with Crippen LogP contribution in [0.25, 0.3) is 0 Å². The van der Waals surface area contributed by atoms with Crippen LogP contribution < -0.4 is 0 Å². The molecule has 0 heterocycles. The Bertz CT molecular complexity index is 810. The molecule has 0 aromatic heterocycles. The van der Waals surface area contributed by atoms with Gasteiger partial charge in [0.2, 0.25) is 5.91 Å². The zero-order chi connectivity index (χ0) is 19.1. The Balaban J connectivity index is 1.73. The molecule has 0 spiro atoms. The van der Waals surface area contributed by atoms with Crippen molar-refractivity contribution in [1.29, 1.82) is 0 Å². The summed E-state index contributed by atoms with van der Waals surface area (Å²) >= 11 is 0. The van der Waals surface area contributed by atoms with Crippen molar-refractivity contribution in [3.05, 3.63) is 107 Å². The fourth-order valence-corrected chi connectivity index (χ4v) is 3.47. The molecule has 3 aromatic carbocycles. The van der Waals surface area contributed by atoms with Crippen molar-refractivity contribution in [2.75, 3.05) is 0 Å². The highest BCUT2D eigenvalue weighted by molar-refractivity contribution is 5.76. The second kappa shape index (κ2) is 9.18. The van der Waals surface area contributed by atoms with E-state index in [0.717, 1.165) is 17.5 Å². The van der Waals surface area contributed by atoms with Gasteiger partial charge in [0.15, 0.2) is 0 Å². The Morgan fingerprint density at radius 1 is 0.704 bits per heavy atom. The first-order valence-corrected chi connectivity index (χ1v) is 9.54. The van der Waals surface area contributed by atoms with E-state index in [-0.39, 0.29) is 5.91 Å². The summed E-state index contributed by atoms with van der Waals surface area (Å²) < 4.78 is 0. The highest BCUT2D eigenvalue weighted by atomic mass is 16.2. The largest absolute Gasteiger partial charge is 0.334 e. The van der Waals surface area contributed by atoms with Crippen LogP contribution in [0.15, 0.2) is 78.9 Å². The van der Waals surface area contributed by atoms with Crippen LogP contribution in [-0.2, 0) is 24.3 Å². The Labute approximate surface area is 162 Å². The standard InChI is InChI=1S/C25H27NO/c1-20-10-9-11-21(2)24(20)16-17-25(27)26(18-22-12-5-3-6-13-22)19-23-14-7-4-8-15-23/h3-15H,16-19H2,1-2H3. The summed E-state index contributed by atoms with van der Waals surface area (Å²) in [5, 5.41) is 0. The minimum atomic E-state index is 0.199. The molecule has 0 aliphatic heterocycles. The number of nitrogens with zero attached hydrogens (tertiary/aromatic N) is 1. The van der Waals surface area contributed by atoms with Gasteiger partial charge in [-0.1, -0.05) is 78.9 Å². The normalized spacial score (nSPS) is 10.6. The van der Waals surface area contributed by atoms with Gasteiger partial charge in [0, 0.05) is 19.5 Å². The highest BCUT2D eigenvalue weighted by Crippen LogP contribution is 2.17. The van der Waals surface area contributed by atoms with Gasteiger partial charge in [0.05, 0.1) is 0 Å². The molecule has 0 fully saturated rings. The van der Waals surface area contributed by atoms with Crippen LogP contribution in [0.1, 0.15) is 34.2 Å². The molecule has 1 amide bonds. The first-order chi connectivity index (χ1) is 13.1. The van der Waals surface area contributed by atoms with Crippen molar-refractivity contribution in [3.63, 3.8) is 0 Å². The van der Waals surface area contributed by atoms with Crippen LogP contribution in [0.4, 0.5) is 0 Å². The monoisotopic (exact) mass is 357 g/mol. The summed E-state index contributed by atoms with van der Waals surface area (Å²) in [6.45, 7) is 5.53. The molecule has 0 aliphatic carbocycles. The first kappa shape index (κ1) is 18.9. The van der Waals surface area contributed by atoms with Gasteiger partial charge in [-0.05, 0) is 48.1 Å². The molecule has 0 atom stereocenters. The number of hydrogen-bond donors (Lipinski definition) is 0. The maximum Gasteiger partial charge on any atom is 0.223 e. The summed E-state index contributed by atoms with van der Waals surface area (Å²) in [4.78, 5) is 15.0. The molecule has 0 radical (unpaired) electrons. The molecule has 0 bridgehead atoms. The zero-order valence-corrected chi connectivity index (χ0v) is 16.2. The minimum Gasteiger partial charge on any atom is -0.334 e. The van der Waals surface area contributed by atoms with E-state index in [0.29, 0.717) is 19.5 Å². The van der Waals surface area contributed by atoms with Gasteiger partial charge < -0.3 is 4.90 Å². The Kier molecular flexibility index (Phi) is 6.43. The second-order valence-electron chi connectivity index (χ2n) is 7.09. The fraction of sp³-hybridized carbons (Fsp3) is 0.240. The van der Waals surface area contributed by atoms with Crippen LogP contribution in [0.2, 0.25) is 0 Å². The van der Waals surface area contributed by atoms with E-state index < -0.39 is 0 Å². The predicted octanol–water partition coefficient (Wildman–Crippen LogP) is 5.47. The molecule has 138 valence electrons. The van der Waals surface area contributed by atoms with Crippen molar-refractivity contribution in [2.24, 2.45) is 0 Å². The lowest BCUT2D eigenvalue weighted by Crippen LogP contribution is -2.30. The SMILES string of the molecule is Cc1cccc(C)c1CCC(=O)N(Cc1ccccc1)Cc1ccccc1. The van der Waals surface area contributed by atoms with Gasteiger partial charge in [-0.25, -0.2) is 0 Å². The molecule has 0 unspecified atom stereocenters. The number of carbonyl (C=O) groups is 1. The quantitative estimate of drug-likeness (QED) is 0.549. The molecule has 0 N–H and O–H groups in total. The van der Waals surface area contributed by atoms with Gasteiger partial charge in [-0.3, -0.25) is 4.79 Å². The third kappa shape index (κ3) is 5.30. The summed E-state index contributed by atoms with van der Waals surface area (Å²) in [6.07, 6.45) is 1.32. The Morgan fingerprint density at radius 3 is 1.67 bits per heavy atom. The molecule has 0 saturated carbocycles. The van der Waals surface area contributed by atoms with E-state index in [4.69, 9.17) is 0 Å². The minimum absolute atomic E-state index is 0.199. The third-order valence-electron chi connectivity index (χ3n) is 5.02. The van der Waals surface area contributed by atoms with E-state index >= 15 is 0 Å². The molecule has 0 aliphatic rings. The number of hydrogen-bond acceptors (Lipinski definition) is 1. The van der Waals surface area contributed by atoms with Gasteiger partial charge in [0.1, 0.15) is 0 Å². The van der Waals surface area contributed by atoms with Gasteiger partial charge >= 0.3 is 0 Å². The van der Waals surface area contributed by atoms with Gasteiger partial charge in [-0.2, -0.15) is 0 Å². The number of aryl methyl sites for hydroxylation is 2. The fourth-order valence-electron chi connectivity index (χ4n) is 3.47. The zero-order valence-electron chi connectivity index (χ0n) is 16.2. The van der Waals surface area contributed by atoms with Crippen LogP contribution in [0, 0.1) is 13.8 Å². The molecule has 3 aromatic rings. The Morgan fingerprint density at radius 2 is 1.19 bits per heavy atom. The Hall–Kier alpha value is -2.87. The topological polar surface area (TPSA) is 20.3 Å². The van der Waals surface area contributed by atoms with Crippen molar-refractivity contribution in [3.8, 4) is 0 Å². The lowest BCUT2D eigenvalue weighted by Gasteiger charge is -2.23. The van der Waals surface area contributed by atoms with E-state index in [1.54, 1.807) is 0 Å². The summed E-state index contributed by atoms with van der Waals surface area (Å²) in [6, 6.07) is 26.8. The maximum atomic E-state index is 13.1. The summed E-state index contributed by atoms with van der Waals surface area (Å²) in [7, 11) is 0. The third-order valence-corrected chi connectivity index (χ3v) is 5.02. The van der Waals surface area contributed by atoms with E-state index in [9.17, 15) is 4.79 Å². The van der Waals surface area contributed by atoms with Crippen LogP contribution in [0.5, 0.6) is 0 Å². The van der Waals surface area contributed by atoms with Gasteiger partial charge in [0.25, 0.3) is 0 Å². The van der Waals surface area contributed by atoms with E-state index in [1.807, 2.05) is 41.3 Å². The van der Waals surface area contributed by atoms with Crippen LogP contribution in [-0.4, -0.2) is 10.8 Å². The van der Waals surface area contributed by atoms with Gasteiger partial charge in [-0.15, -0.1) is 0 Å². The van der Waals surface area contributed by atoms with E-state index in [2.05, 4.69) is 56.3 Å². The number of carbonyl (C=O) groups excluding carboxylic acids is 1. The molecular formula is C25H27NO. The maximum absolute atomic E-state index is 13.1. The van der Waals surface area contributed by atoms with Crippen LogP contribution in [0.3, 0.4) is 0 Å². The van der Waals surface area contributed by atoms with Crippen molar-refractivity contribution in [2.45, 2.75) is 39.8 Å². The lowest BCUT2D eigenvalue weighted by molar-refractivity contribution is -0.132. The molecule has 27 heavy (non-hydrogen) atoms. The highest BCUT2D eigenvalue weighted by Gasteiger charge is 2.15. The average molecular weight is 357 g/mol. The summed E-state index contributed by atoms with van der Waals surface area (Å²) in [5.74, 6) is 0.199. The average Bonchev–Trinajstić information content (AvgIpc) is 2.68. The molecular weight excluding hydrogens is 330 g/mol. The predicted molar refractivity (Wildman–Crippen MR) is 111 cm³/mol. The van der Waals surface area contributed by atoms with Crippen molar-refractivity contribution in [1.82, 2.24) is 4.90 Å². The number of rotatable bonds is 7. The molecule has 3 rings (SSSR count). The molecule has 0 saturated heterocycles. The van der Waals surface area contributed by atoms with Crippen molar-refractivity contribution < 1.29 is 4.79 Å². The second-order valence-corrected chi connectivity index (χ2v) is 7.09. The lowest BCUT2D eigenvalue weighted by atomic mass is 9.98. The van der Waals surface area contributed by atoms with Crippen LogP contribution >= 0.6 is 0 Å². The molecule has 2 heteroatoms. The summed E-state index contributed by atoms with van der Waals surface area (Å²) in [5.41, 5.74) is 6.15. The van der Waals surface area contributed by atoms with E-state index in [1.165, 1.54) is 16.7 Å². The van der Waals surface area contributed by atoms with Crippen molar-refractivity contribution >= 4 is 5.91 Å². The smallest absolute Gasteiger partial charge is 0.223 e. The molecule has 2 nitrogen and oxygen atoms in total. The number of benzene rings is 3. The number of amides is 1. The first-order valence-electron chi connectivity index (χ1n) is 9.54.